The first-order chi connectivity index (χ1) is 17.4. The molecule has 35 heavy (non-hydrogen) atoms. The van der Waals surface area contributed by atoms with E-state index >= 15 is 0 Å². The van der Waals surface area contributed by atoms with Gasteiger partial charge in [0, 0.05) is 21.7 Å². The number of benzene rings is 5. The lowest BCUT2D eigenvalue weighted by Gasteiger charge is -2.12. The zero-order chi connectivity index (χ0) is 23.2. The largest absolute Gasteiger partial charge is 0.278 e. The molecule has 3 nitrogen and oxygen atoms in total. The van der Waals surface area contributed by atoms with Crippen LogP contribution in [0.3, 0.4) is 0 Å². The van der Waals surface area contributed by atoms with Crippen LogP contribution in [-0.2, 0) is 0 Å². The van der Waals surface area contributed by atoms with Gasteiger partial charge < -0.3 is 0 Å². The fourth-order valence-electron chi connectivity index (χ4n) is 5.00. The van der Waals surface area contributed by atoms with Gasteiger partial charge in [-0.1, -0.05) is 103 Å². The highest BCUT2D eigenvalue weighted by Crippen LogP contribution is 2.34. The highest BCUT2D eigenvalue weighted by Gasteiger charge is 2.16. The van der Waals surface area contributed by atoms with E-state index < -0.39 is 0 Å². The van der Waals surface area contributed by atoms with Crippen LogP contribution in [0.5, 0.6) is 0 Å². The molecule has 0 unspecified atom stereocenters. The molecule has 0 atom stereocenters. The summed E-state index contributed by atoms with van der Waals surface area (Å²) in [5.74, 6) is 0.682. The van der Waals surface area contributed by atoms with Crippen molar-refractivity contribution in [3.8, 4) is 28.3 Å². The van der Waals surface area contributed by atoms with Crippen molar-refractivity contribution < 1.29 is 0 Å². The Kier molecular flexibility index (Phi) is 4.46. The molecule has 7 rings (SSSR count). The van der Waals surface area contributed by atoms with Gasteiger partial charge in [-0.05, 0) is 35.4 Å². The van der Waals surface area contributed by atoms with E-state index in [0.29, 0.717) is 5.95 Å². The van der Waals surface area contributed by atoms with Gasteiger partial charge in [-0.25, -0.2) is 9.97 Å². The van der Waals surface area contributed by atoms with Gasteiger partial charge in [0.05, 0.1) is 22.2 Å². The summed E-state index contributed by atoms with van der Waals surface area (Å²) >= 11 is 0. The normalized spacial score (nSPS) is 11.4. The molecule has 3 heteroatoms. The quantitative estimate of drug-likeness (QED) is 0.274. The molecule has 0 radical (unpaired) electrons. The Morgan fingerprint density at radius 1 is 0.429 bits per heavy atom. The number of rotatable bonds is 3. The highest BCUT2D eigenvalue weighted by atomic mass is 15.2. The van der Waals surface area contributed by atoms with Crippen LogP contribution in [0.2, 0.25) is 0 Å². The van der Waals surface area contributed by atoms with Crippen molar-refractivity contribution in [3.05, 3.63) is 127 Å². The molecule has 164 valence electrons. The molecule has 0 spiro atoms. The Labute approximate surface area is 203 Å². The third-order valence-corrected chi connectivity index (χ3v) is 6.61. The second-order valence-electron chi connectivity index (χ2n) is 8.71. The Bertz CT molecular complexity index is 1800. The van der Waals surface area contributed by atoms with Gasteiger partial charge in [-0.2, -0.15) is 0 Å². The molecule has 5 aromatic carbocycles. The van der Waals surface area contributed by atoms with Crippen LogP contribution in [0.4, 0.5) is 0 Å². The van der Waals surface area contributed by atoms with Gasteiger partial charge in [0.15, 0.2) is 0 Å². The van der Waals surface area contributed by atoms with Crippen molar-refractivity contribution in [2.24, 2.45) is 0 Å². The first-order valence-electron chi connectivity index (χ1n) is 11.8. The summed E-state index contributed by atoms with van der Waals surface area (Å²) in [6.07, 6.45) is 0. The van der Waals surface area contributed by atoms with Crippen LogP contribution in [0.25, 0.3) is 61.0 Å². The lowest BCUT2D eigenvalue weighted by molar-refractivity contribution is 1.01. The lowest BCUT2D eigenvalue weighted by Crippen LogP contribution is -2.03. The van der Waals surface area contributed by atoms with Crippen LogP contribution in [0.1, 0.15) is 0 Å². The molecule has 0 bridgehead atoms. The standard InChI is InChI=1S/C32H21N3/c1-2-11-22(12-3-1)23-13-10-14-24(21-23)31-27-17-4-7-18-28(27)33-32(34-31)35-29-19-8-5-15-25(29)26-16-6-9-20-30(26)35/h1-21H. The van der Waals surface area contributed by atoms with Gasteiger partial charge in [-0.3, -0.25) is 4.57 Å². The monoisotopic (exact) mass is 447 g/mol. The Morgan fingerprint density at radius 2 is 1.00 bits per heavy atom. The number of fused-ring (bicyclic) bond motifs is 4. The molecule has 0 aliphatic rings. The Hall–Kier alpha value is -4.76. The minimum atomic E-state index is 0.682. The number of aromatic nitrogens is 3. The zero-order valence-corrected chi connectivity index (χ0v) is 19.0. The maximum absolute atomic E-state index is 5.20. The van der Waals surface area contributed by atoms with E-state index in [1.165, 1.54) is 21.9 Å². The van der Waals surface area contributed by atoms with Crippen LogP contribution >= 0.6 is 0 Å². The van der Waals surface area contributed by atoms with Crippen molar-refractivity contribution in [2.45, 2.75) is 0 Å². The van der Waals surface area contributed by atoms with E-state index in [9.17, 15) is 0 Å². The molecule has 0 amide bonds. The van der Waals surface area contributed by atoms with Gasteiger partial charge in [0.1, 0.15) is 0 Å². The average Bonchev–Trinajstić information content (AvgIpc) is 3.27. The average molecular weight is 448 g/mol. The minimum Gasteiger partial charge on any atom is -0.278 e. The number of nitrogens with zero attached hydrogens (tertiary/aromatic N) is 3. The maximum Gasteiger partial charge on any atom is 0.235 e. The summed E-state index contributed by atoms with van der Waals surface area (Å²) < 4.78 is 2.18. The smallest absolute Gasteiger partial charge is 0.235 e. The maximum atomic E-state index is 5.20. The minimum absolute atomic E-state index is 0.682. The summed E-state index contributed by atoms with van der Waals surface area (Å²) in [6, 6.07) is 44.3. The third kappa shape index (κ3) is 3.21. The van der Waals surface area contributed by atoms with Gasteiger partial charge >= 0.3 is 0 Å². The van der Waals surface area contributed by atoms with Crippen molar-refractivity contribution in [3.63, 3.8) is 0 Å². The van der Waals surface area contributed by atoms with Crippen LogP contribution in [0, 0.1) is 0 Å². The Balaban J connectivity index is 1.52. The van der Waals surface area contributed by atoms with E-state index in [1.54, 1.807) is 0 Å². The van der Waals surface area contributed by atoms with E-state index in [1.807, 2.05) is 12.1 Å². The molecule has 0 saturated heterocycles. The molecular weight excluding hydrogens is 426 g/mol. The van der Waals surface area contributed by atoms with E-state index in [0.717, 1.165) is 33.2 Å². The van der Waals surface area contributed by atoms with Gasteiger partial charge in [0.2, 0.25) is 5.95 Å². The highest BCUT2D eigenvalue weighted by molar-refractivity contribution is 6.09. The molecule has 0 aliphatic heterocycles. The number of hydrogen-bond donors (Lipinski definition) is 0. The van der Waals surface area contributed by atoms with Crippen LogP contribution < -0.4 is 0 Å². The van der Waals surface area contributed by atoms with Crippen LogP contribution in [0.15, 0.2) is 127 Å². The van der Waals surface area contributed by atoms with Crippen molar-refractivity contribution in [1.82, 2.24) is 14.5 Å². The fraction of sp³-hybridized carbons (Fsp3) is 0. The molecule has 2 aromatic heterocycles. The first-order valence-corrected chi connectivity index (χ1v) is 11.8. The summed E-state index contributed by atoms with van der Waals surface area (Å²) in [6.45, 7) is 0. The lowest BCUT2D eigenvalue weighted by atomic mass is 10.00. The molecule has 7 aromatic rings. The molecule has 2 heterocycles. The number of para-hydroxylation sites is 3. The van der Waals surface area contributed by atoms with Crippen molar-refractivity contribution in [1.29, 1.82) is 0 Å². The first kappa shape index (κ1) is 19.7. The van der Waals surface area contributed by atoms with E-state index in [4.69, 9.17) is 9.97 Å². The summed E-state index contributed by atoms with van der Waals surface area (Å²) in [5.41, 5.74) is 7.51. The second kappa shape index (κ2) is 7.93. The summed E-state index contributed by atoms with van der Waals surface area (Å²) in [4.78, 5) is 10.2. The summed E-state index contributed by atoms with van der Waals surface area (Å²) in [5, 5.41) is 3.45. The van der Waals surface area contributed by atoms with Gasteiger partial charge in [0.25, 0.3) is 0 Å². The van der Waals surface area contributed by atoms with Crippen molar-refractivity contribution >= 4 is 32.7 Å². The molecular formula is C32H21N3. The topological polar surface area (TPSA) is 30.7 Å². The SMILES string of the molecule is c1ccc(-c2cccc(-c3nc(-n4c5ccccc5c5ccccc54)nc4ccccc34)c2)cc1. The Morgan fingerprint density at radius 3 is 1.74 bits per heavy atom. The van der Waals surface area contributed by atoms with Gasteiger partial charge in [-0.15, -0.1) is 0 Å². The van der Waals surface area contributed by atoms with E-state index in [-0.39, 0.29) is 0 Å². The predicted octanol–water partition coefficient (Wildman–Crippen LogP) is 8.06. The molecule has 0 saturated carbocycles. The molecule has 0 fully saturated rings. The zero-order valence-electron chi connectivity index (χ0n) is 19.0. The third-order valence-electron chi connectivity index (χ3n) is 6.61. The van der Waals surface area contributed by atoms with Crippen LogP contribution in [-0.4, -0.2) is 14.5 Å². The van der Waals surface area contributed by atoms with E-state index in [2.05, 4.69) is 120 Å². The molecule has 0 N–H and O–H groups in total. The fourth-order valence-corrected chi connectivity index (χ4v) is 5.00. The molecule has 0 aliphatic carbocycles. The number of hydrogen-bond acceptors (Lipinski definition) is 2. The summed E-state index contributed by atoms with van der Waals surface area (Å²) in [7, 11) is 0. The van der Waals surface area contributed by atoms with Crippen molar-refractivity contribution in [2.75, 3.05) is 0 Å². The predicted molar refractivity (Wildman–Crippen MR) is 145 cm³/mol. The second-order valence-corrected chi connectivity index (χ2v) is 8.71.